The van der Waals surface area contributed by atoms with Gasteiger partial charge in [-0.2, -0.15) is 5.10 Å². The molecule has 0 aliphatic rings. The summed E-state index contributed by atoms with van der Waals surface area (Å²) in [6, 6.07) is 1.57. The SMILES string of the molecule is CCn1nc(Cl)cc(C)c1=O. The monoisotopic (exact) mass is 172 g/mol. The standard InChI is InChI=1S/C7H9ClN2O/c1-3-10-7(11)5(2)4-6(8)9-10/h4H,3H2,1-2H3. The number of halogens is 1. The summed E-state index contributed by atoms with van der Waals surface area (Å²) in [5.41, 5.74) is 0.559. The van der Waals surface area contributed by atoms with Crippen molar-refractivity contribution in [2.75, 3.05) is 0 Å². The molecule has 1 heterocycles. The predicted octanol–water partition coefficient (Wildman–Crippen LogP) is 1.23. The maximum Gasteiger partial charge on any atom is 0.269 e. The molecule has 0 atom stereocenters. The summed E-state index contributed by atoms with van der Waals surface area (Å²) in [6.07, 6.45) is 0. The second kappa shape index (κ2) is 3.05. The molecule has 0 saturated carbocycles. The second-order valence-corrected chi connectivity index (χ2v) is 2.66. The van der Waals surface area contributed by atoms with Crippen LogP contribution in [0, 0.1) is 6.92 Å². The van der Waals surface area contributed by atoms with Crippen molar-refractivity contribution >= 4 is 11.6 Å². The third-order valence-corrected chi connectivity index (χ3v) is 1.61. The first-order valence-corrected chi connectivity index (χ1v) is 3.77. The molecule has 0 aliphatic carbocycles. The van der Waals surface area contributed by atoms with Gasteiger partial charge in [-0.3, -0.25) is 4.79 Å². The summed E-state index contributed by atoms with van der Waals surface area (Å²) in [7, 11) is 0. The van der Waals surface area contributed by atoms with E-state index in [4.69, 9.17) is 11.6 Å². The van der Waals surface area contributed by atoms with Crippen LogP contribution in [-0.2, 0) is 6.54 Å². The van der Waals surface area contributed by atoms with Gasteiger partial charge in [0, 0.05) is 12.1 Å². The Labute approximate surface area is 69.6 Å². The van der Waals surface area contributed by atoms with Crippen molar-refractivity contribution in [1.82, 2.24) is 9.78 Å². The molecule has 0 amide bonds. The molecule has 11 heavy (non-hydrogen) atoms. The van der Waals surface area contributed by atoms with Crippen molar-refractivity contribution in [3.05, 3.63) is 27.1 Å². The summed E-state index contributed by atoms with van der Waals surface area (Å²) in [5, 5.41) is 4.19. The van der Waals surface area contributed by atoms with Gasteiger partial charge in [0.15, 0.2) is 0 Å². The fraction of sp³-hybridized carbons (Fsp3) is 0.429. The smallest absolute Gasteiger partial charge is 0.268 e. The first kappa shape index (κ1) is 8.27. The van der Waals surface area contributed by atoms with Crippen LogP contribution in [0.2, 0.25) is 5.15 Å². The van der Waals surface area contributed by atoms with E-state index in [0.717, 1.165) is 0 Å². The van der Waals surface area contributed by atoms with Gasteiger partial charge in [-0.1, -0.05) is 11.6 Å². The number of rotatable bonds is 1. The average Bonchev–Trinajstić information content (AvgIpc) is 1.96. The highest BCUT2D eigenvalue weighted by Gasteiger charge is 2.00. The number of hydrogen-bond donors (Lipinski definition) is 0. The van der Waals surface area contributed by atoms with E-state index in [2.05, 4.69) is 5.10 Å². The molecule has 1 aromatic heterocycles. The van der Waals surface area contributed by atoms with E-state index in [1.807, 2.05) is 6.92 Å². The lowest BCUT2D eigenvalue weighted by atomic mass is 10.3. The maximum atomic E-state index is 11.2. The van der Waals surface area contributed by atoms with Gasteiger partial charge in [-0.15, -0.1) is 0 Å². The Morgan fingerprint density at radius 1 is 1.73 bits per heavy atom. The van der Waals surface area contributed by atoms with Gasteiger partial charge < -0.3 is 0 Å². The number of nitrogens with zero attached hydrogens (tertiary/aromatic N) is 2. The Kier molecular flexibility index (Phi) is 2.29. The van der Waals surface area contributed by atoms with Crippen LogP contribution < -0.4 is 5.56 Å². The summed E-state index contributed by atoms with van der Waals surface area (Å²) >= 11 is 5.63. The molecular weight excluding hydrogens is 164 g/mol. The highest BCUT2D eigenvalue weighted by atomic mass is 35.5. The summed E-state index contributed by atoms with van der Waals surface area (Å²) in [6.45, 7) is 4.13. The van der Waals surface area contributed by atoms with E-state index < -0.39 is 0 Å². The minimum atomic E-state index is -0.0723. The van der Waals surface area contributed by atoms with Crippen molar-refractivity contribution in [1.29, 1.82) is 0 Å². The van der Waals surface area contributed by atoms with Gasteiger partial charge in [0.1, 0.15) is 5.15 Å². The van der Waals surface area contributed by atoms with Crippen LogP contribution in [0.1, 0.15) is 12.5 Å². The van der Waals surface area contributed by atoms with Crippen LogP contribution in [0.4, 0.5) is 0 Å². The van der Waals surface area contributed by atoms with Crippen LogP contribution in [-0.4, -0.2) is 9.78 Å². The molecule has 0 saturated heterocycles. The normalized spacial score (nSPS) is 10.1. The molecule has 0 bridgehead atoms. The summed E-state index contributed by atoms with van der Waals surface area (Å²) < 4.78 is 1.34. The molecule has 60 valence electrons. The van der Waals surface area contributed by atoms with Crippen LogP contribution in [0.5, 0.6) is 0 Å². The molecule has 0 aliphatic heterocycles. The Morgan fingerprint density at radius 2 is 2.36 bits per heavy atom. The lowest BCUT2D eigenvalue weighted by Gasteiger charge is -2.00. The summed E-state index contributed by atoms with van der Waals surface area (Å²) in [5.74, 6) is 0. The van der Waals surface area contributed by atoms with E-state index in [-0.39, 0.29) is 5.56 Å². The van der Waals surface area contributed by atoms with E-state index in [1.165, 1.54) is 4.68 Å². The highest BCUT2D eigenvalue weighted by molar-refractivity contribution is 6.29. The third kappa shape index (κ3) is 1.60. The van der Waals surface area contributed by atoms with E-state index in [1.54, 1.807) is 13.0 Å². The minimum absolute atomic E-state index is 0.0723. The van der Waals surface area contributed by atoms with Crippen molar-refractivity contribution < 1.29 is 0 Å². The first-order valence-electron chi connectivity index (χ1n) is 3.39. The molecule has 1 aromatic rings. The molecule has 0 N–H and O–H groups in total. The molecule has 0 unspecified atom stereocenters. The fourth-order valence-electron chi connectivity index (χ4n) is 0.848. The lowest BCUT2D eigenvalue weighted by Crippen LogP contribution is -2.23. The van der Waals surface area contributed by atoms with Crippen LogP contribution in [0.15, 0.2) is 10.9 Å². The largest absolute Gasteiger partial charge is 0.269 e. The summed E-state index contributed by atoms with van der Waals surface area (Å²) in [4.78, 5) is 11.2. The first-order chi connectivity index (χ1) is 5.15. The second-order valence-electron chi connectivity index (χ2n) is 2.27. The minimum Gasteiger partial charge on any atom is -0.268 e. The Balaban J connectivity index is 3.37. The Hall–Kier alpha value is -0.830. The lowest BCUT2D eigenvalue weighted by molar-refractivity contribution is 0.611. The van der Waals surface area contributed by atoms with Crippen LogP contribution >= 0.6 is 11.6 Å². The predicted molar refractivity (Wildman–Crippen MR) is 43.9 cm³/mol. The zero-order valence-corrected chi connectivity index (χ0v) is 7.22. The van der Waals surface area contributed by atoms with Gasteiger partial charge in [0.05, 0.1) is 0 Å². The van der Waals surface area contributed by atoms with Gasteiger partial charge in [-0.05, 0) is 19.9 Å². The van der Waals surface area contributed by atoms with E-state index in [0.29, 0.717) is 17.3 Å². The van der Waals surface area contributed by atoms with Crippen LogP contribution in [0.25, 0.3) is 0 Å². The average molecular weight is 173 g/mol. The molecule has 0 radical (unpaired) electrons. The van der Waals surface area contributed by atoms with Crippen LogP contribution in [0.3, 0.4) is 0 Å². The Morgan fingerprint density at radius 3 is 2.91 bits per heavy atom. The molecule has 1 rings (SSSR count). The highest BCUT2D eigenvalue weighted by Crippen LogP contribution is 2.01. The Bertz CT molecular complexity index is 319. The van der Waals surface area contributed by atoms with Crippen molar-refractivity contribution in [2.24, 2.45) is 0 Å². The van der Waals surface area contributed by atoms with Gasteiger partial charge in [0.25, 0.3) is 5.56 Å². The topological polar surface area (TPSA) is 34.9 Å². The number of hydrogen-bond acceptors (Lipinski definition) is 2. The molecule has 0 spiro atoms. The van der Waals surface area contributed by atoms with Gasteiger partial charge in [0.2, 0.25) is 0 Å². The van der Waals surface area contributed by atoms with Crippen molar-refractivity contribution in [2.45, 2.75) is 20.4 Å². The van der Waals surface area contributed by atoms with Crippen molar-refractivity contribution in [3.8, 4) is 0 Å². The molecule has 0 fully saturated rings. The zero-order chi connectivity index (χ0) is 8.43. The zero-order valence-electron chi connectivity index (χ0n) is 6.47. The maximum absolute atomic E-state index is 11.2. The molecule has 4 heteroatoms. The third-order valence-electron chi connectivity index (χ3n) is 1.42. The van der Waals surface area contributed by atoms with Crippen molar-refractivity contribution in [3.63, 3.8) is 0 Å². The van der Waals surface area contributed by atoms with E-state index in [9.17, 15) is 4.79 Å². The quantitative estimate of drug-likeness (QED) is 0.639. The van der Waals surface area contributed by atoms with Gasteiger partial charge in [-0.25, -0.2) is 4.68 Å². The molecule has 0 aromatic carbocycles. The van der Waals surface area contributed by atoms with Gasteiger partial charge >= 0.3 is 0 Å². The number of aryl methyl sites for hydroxylation is 2. The molecule has 3 nitrogen and oxygen atoms in total. The molecular formula is C7H9ClN2O. The van der Waals surface area contributed by atoms with E-state index >= 15 is 0 Å². The number of aromatic nitrogens is 2. The fourth-order valence-corrected chi connectivity index (χ4v) is 1.10.